The number of Topliss-reactive ketones (excluding diaryl/α,β-unsaturated/α-hetero) is 1. The fraction of sp³-hybridized carbons (Fsp3) is 0.438. The largest absolute Gasteiger partial charge is 0.298 e. The first-order chi connectivity index (χ1) is 11.1. The summed E-state index contributed by atoms with van der Waals surface area (Å²) in [5.41, 5.74) is 3.98. The molecule has 4 rings (SSSR count). The molecule has 2 aliphatic heterocycles. The second-order valence-electron chi connectivity index (χ2n) is 6.09. The minimum absolute atomic E-state index is 0.0323. The number of para-hydroxylation sites is 1. The minimum atomic E-state index is -0.664. The average Bonchev–Trinajstić information content (AvgIpc) is 3.08. The molecule has 3 heterocycles. The Labute approximate surface area is 137 Å². The summed E-state index contributed by atoms with van der Waals surface area (Å²) in [6.45, 7) is 3.98. The lowest BCUT2D eigenvalue weighted by Crippen LogP contribution is -2.59. The first kappa shape index (κ1) is 14.7. The smallest absolute Gasteiger partial charge is 0.257 e. The number of aromatic nitrogens is 1. The lowest BCUT2D eigenvalue weighted by molar-refractivity contribution is -0.137. The van der Waals surface area contributed by atoms with Gasteiger partial charge in [-0.25, -0.2) is 15.4 Å². The average molecular weight is 330 g/mol. The van der Waals surface area contributed by atoms with Gasteiger partial charge in [0.15, 0.2) is 5.78 Å². The molecule has 0 spiro atoms. The van der Waals surface area contributed by atoms with Gasteiger partial charge in [0.1, 0.15) is 5.92 Å². The maximum Gasteiger partial charge on any atom is 0.257 e. The van der Waals surface area contributed by atoms with Crippen LogP contribution >= 0.6 is 11.3 Å². The molecule has 2 fully saturated rings. The summed E-state index contributed by atoms with van der Waals surface area (Å²) in [4.78, 5) is 29.9. The number of piperidine rings is 1. The Bertz CT molecular complexity index is 756. The molecular formula is C16H18N4O2S. The molecule has 2 saturated heterocycles. The van der Waals surface area contributed by atoms with Crippen molar-refractivity contribution < 1.29 is 9.59 Å². The molecule has 4 unspecified atom stereocenters. The van der Waals surface area contributed by atoms with Crippen molar-refractivity contribution in [2.45, 2.75) is 32.5 Å². The van der Waals surface area contributed by atoms with E-state index in [-0.39, 0.29) is 29.8 Å². The van der Waals surface area contributed by atoms with E-state index < -0.39 is 5.92 Å². The van der Waals surface area contributed by atoms with E-state index in [0.717, 1.165) is 16.6 Å². The zero-order valence-corrected chi connectivity index (χ0v) is 13.8. The summed E-state index contributed by atoms with van der Waals surface area (Å²) in [6, 6.07) is 7.82. The highest BCUT2D eigenvalue weighted by atomic mass is 32.1. The molecule has 1 aromatic carbocycles. The SMILES string of the molecule is CCC1C(=O)C2C(=O)N(c3nc4ccccc4s3)NC2NC1C. The number of nitrogens with one attached hydrogen (secondary N) is 2. The number of benzene rings is 1. The van der Waals surface area contributed by atoms with Crippen molar-refractivity contribution in [2.24, 2.45) is 11.8 Å². The van der Waals surface area contributed by atoms with Crippen molar-refractivity contribution >= 4 is 38.4 Å². The van der Waals surface area contributed by atoms with Crippen LogP contribution in [0.25, 0.3) is 10.2 Å². The highest BCUT2D eigenvalue weighted by molar-refractivity contribution is 7.22. The summed E-state index contributed by atoms with van der Waals surface area (Å²) in [5.74, 6) is -0.956. The van der Waals surface area contributed by atoms with Crippen molar-refractivity contribution in [3.63, 3.8) is 0 Å². The van der Waals surface area contributed by atoms with Gasteiger partial charge in [0.05, 0.1) is 16.4 Å². The fourth-order valence-corrected chi connectivity index (χ4v) is 4.45. The van der Waals surface area contributed by atoms with E-state index >= 15 is 0 Å². The highest BCUT2D eigenvalue weighted by Gasteiger charge is 2.52. The number of nitrogens with zero attached hydrogens (tertiary/aromatic N) is 2. The van der Waals surface area contributed by atoms with Crippen LogP contribution < -0.4 is 15.8 Å². The van der Waals surface area contributed by atoms with Crippen LogP contribution in [0.2, 0.25) is 0 Å². The molecule has 7 heteroatoms. The summed E-state index contributed by atoms with van der Waals surface area (Å²) < 4.78 is 1.02. The number of hydrazine groups is 1. The van der Waals surface area contributed by atoms with Crippen LogP contribution in [0.4, 0.5) is 5.13 Å². The molecule has 4 atom stereocenters. The number of carbonyl (C=O) groups is 2. The molecule has 2 aliphatic rings. The first-order valence-corrected chi connectivity index (χ1v) is 8.67. The lowest BCUT2D eigenvalue weighted by atomic mass is 9.81. The topological polar surface area (TPSA) is 74.3 Å². The number of anilines is 1. The van der Waals surface area contributed by atoms with Crippen LogP contribution in [0.5, 0.6) is 0 Å². The van der Waals surface area contributed by atoms with Crippen LogP contribution in [-0.2, 0) is 9.59 Å². The van der Waals surface area contributed by atoms with Gasteiger partial charge in [-0.2, -0.15) is 0 Å². The van der Waals surface area contributed by atoms with Gasteiger partial charge in [0.2, 0.25) is 5.13 Å². The maximum atomic E-state index is 12.8. The maximum absolute atomic E-state index is 12.8. The predicted octanol–water partition coefficient (Wildman–Crippen LogP) is 1.68. The van der Waals surface area contributed by atoms with Crippen molar-refractivity contribution in [2.75, 3.05) is 5.01 Å². The number of rotatable bonds is 2. The van der Waals surface area contributed by atoms with Gasteiger partial charge in [0, 0.05) is 12.0 Å². The number of fused-ring (bicyclic) bond motifs is 2. The monoisotopic (exact) mass is 330 g/mol. The van der Waals surface area contributed by atoms with Gasteiger partial charge < -0.3 is 0 Å². The molecule has 0 bridgehead atoms. The highest BCUT2D eigenvalue weighted by Crippen LogP contribution is 2.34. The Hall–Kier alpha value is -1.83. The lowest BCUT2D eigenvalue weighted by Gasteiger charge is -2.34. The molecule has 2 N–H and O–H groups in total. The van der Waals surface area contributed by atoms with E-state index in [0.29, 0.717) is 5.13 Å². The first-order valence-electron chi connectivity index (χ1n) is 7.85. The van der Waals surface area contributed by atoms with Crippen LogP contribution in [0.3, 0.4) is 0 Å². The Balaban J connectivity index is 1.68. The van der Waals surface area contributed by atoms with Gasteiger partial charge in [0.25, 0.3) is 5.91 Å². The van der Waals surface area contributed by atoms with Gasteiger partial charge in [-0.05, 0) is 25.5 Å². The molecular weight excluding hydrogens is 312 g/mol. The molecule has 0 radical (unpaired) electrons. The summed E-state index contributed by atoms with van der Waals surface area (Å²) in [7, 11) is 0. The summed E-state index contributed by atoms with van der Waals surface area (Å²) >= 11 is 1.44. The Morgan fingerprint density at radius 2 is 2.09 bits per heavy atom. The minimum Gasteiger partial charge on any atom is -0.298 e. The van der Waals surface area contributed by atoms with Crippen LogP contribution in [0.15, 0.2) is 24.3 Å². The summed E-state index contributed by atoms with van der Waals surface area (Å²) in [5, 5.41) is 5.38. The summed E-state index contributed by atoms with van der Waals surface area (Å²) in [6.07, 6.45) is 0.393. The Morgan fingerprint density at radius 3 is 2.83 bits per heavy atom. The van der Waals surface area contributed by atoms with E-state index in [4.69, 9.17) is 0 Å². The normalized spacial score (nSPS) is 31.0. The van der Waals surface area contributed by atoms with E-state index in [1.807, 2.05) is 38.1 Å². The third kappa shape index (κ3) is 2.19. The number of thiazole rings is 1. The van der Waals surface area contributed by atoms with Crippen LogP contribution in [0.1, 0.15) is 20.3 Å². The zero-order chi connectivity index (χ0) is 16.1. The van der Waals surface area contributed by atoms with Crippen molar-refractivity contribution in [1.29, 1.82) is 0 Å². The number of hydrogen-bond acceptors (Lipinski definition) is 6. The van der Waals surface area contributed by atoms with E-state index in [2.05, 4.69) is 15.7 Å². The molecule has 6 nitrogen and oxygen atoms in total. The van der Waals surface area contributed by atoms with Crippen molar-refractivity contribution in [1.82, 2.24) is 15.7 Å². The van der Waals surface area contributed by atoms with E-state index in [1.165, 1.54) is 16.3 Å². The molecule has 23 heavy (non-hydrogen) atoms. The predicted molar refractivity (Wildman–Crippen MR) is 88.9 cm³/mol. The number of carbonyl (C=O) groups excluding carboxylic acids is 2. The number of ketones is 1. The molecule has 0 saturated carbocycles. The Kier molecular flexibility index (Phi) is 3.44. The third-order valence-electron chi connectivity index (χ3n) is 4.72. The van der Waals surface area contributed by atoms with Crippen molar-refractivity contribution in [3.05, 3.63) is 24.3 Å². The fourth-order valence-electron chi connectivity index (χ4n) is 3.51. The van der Waals surface area contributed by atoms with Gasteiger partial charge in [-0.15, -0.1) is 0 Å². The second-order valence-corrected chi connectivity index (χ2v) is 7.10. The molecule has 120 valence electrons. The number of amides is 1. The Morgan fingerprint density at radius 1 is 1.30 bits per heavy atom. The van der Waals surface area contributed by atoms with Crippen LogP contribution in [-0.4, -0.2) is 28.9 Å². The molecule has 2 aromatic rings. The van der Waals surface area contributed by atoms with E-state index in [9.17, 15) is 9.59 Å². The zero-order valence-electron chi connectivity index (χ0n) is 12.9. The van der Waals surface area contributed by atoms with Gasteiger partial charge in [-0.1, -0.05) is 30.4 Å². The quantitative estimate of drug-likeness (QED) is 0.820. The van der Waals surface area contributed by atoms with Crippen LogP contribution in [0, 0.1) is 11.8 Å². The van der Waals surface area contributed by atoms with Gasteiger partial charge in [-0.3, -0.25) is 14.9 Å². The van der Waals surface area contributed by atoms with Gasteiger partial charge >= 0.3 is 0 Å². The molecule has 1 aromatic heterocycles. The third-order valence-corrected chi connectivity index (χ3v) is 5.74. The van der Waals surface area contributed by atoms with Crippen molar-refractivity contribution in [3.8, 4) is 0 Å². The number of hydrogen-bond donors (Lipinski definition) is 2. The second kappa shape index (κ2) is 5.36. The van der Waals surface area contributed by atoms with E-state index in [1.54, 1.807) is 0 Å². The standard InChI is InChI=1S/C16H18N4O2S/c1-3-9-8(2)17-14-12(13(9)21)15(22)20(19-14)16-18-10-6-4-5-7-11(10)23-16/h4-9,12,14,17,19H,3H2,1-2H3. The molecule has 0 aliphatic carbocycles. The molecule has 1 amide bonds.